The molecule has 2 N–H and O–H groups in total. The van der Waals surface area contributed by atoms with Gasteiger partial charge in [-0.2, -0.15) is 23.4 Å². The molecule has 0 fully saturated rings. The summed E-state index contributed by atoms with van der Waals surface area (Å²) in [4.78, 5) is 24.9. The van der Waals surface area contributed by atoms with Gasteiger partial charge in [-0.3, -0.25) is 19.0 Å². The van der Waals surface area contributed by atoms with Crippen molar-refractivity contribution in [2.75, 3.05) is 10.6 Å². The topological polar surface area (TPSA) is 93.8 Å². The fraction of sp³-hybridized carbons (Fsp3) is 0.111. The summed E-state index contributed by atoms with van der Waals surface area (Å²) in [5.74, 6) is -4.73. The smallest absolute Gasteiger partial charge is 0.321 e. The van der Waals surface area contributed by atoms with Gasteiger partial charge in [-0.25, -0.2) is 26.3 Å². The summed E-state index contributed by atoms with van der Waals surface area (Å²) in [6.45, 7) is 0. The molecule has 0 unspecified atom stereocenters. The summed E-state index contributed by atoms with van der Waals surface area (Å²) in [5, 5.41) is 11.3. The van der Waals surface area contributed by atoms with E-state index >= 15 is 0 Å². The van der Waals surface area contributed by atoms with Gasteiger partial charge in [0.2, 0.25) is 0 Å². The van der Waals surface area contributed by atoms with Gasteiger partial charge in [0.25, 0.3) is 18.2 Å². The Hall–Kier alpha value is -5.81. The van der Waals surface area contributed by atoms with E-state index in [-0.39, 0.29) is 49.2 Å². The van der Waals surface area contributed by atoms with Crippen LogP contribution < -0.4 is 10.6 Å². The molecule has 286 valence electrons. The van der Waals surface area contributed by atoms with E-state index in [4.69, 9.17) is 23.2 Å². The molecule has 2 aromatic heterocycles. The zero-order valence-corrected chi connectivity index (χ0v) is 29.4. The summed E-state index contributed by atoms with van der Waals surface area (Å²) in [6, 6.07) is 14.1. The van der Waals surface area contributed by atoms with E-state index in [9.17, 15) is 49.1 Å². The van der Waals surface area contributed by atoms with Crippen molar-refractivity contribution < 1.29 is 49.1 Å². The van der Waals surface area contributed by atoms with Crippen LogP contribution in [0.4, 0.5) is 50.9 Å². The molecule has 19 heteroatoms. The number of carbonyl (C=O) groups is 2. The van der Waals surface area contributed by atoms with Gasteiger partial charge in [0.1, 0.15) is 29.0 Å². The van der Waals surface area contributed by atoms with Gasteiger partial charge in [0.05, 0.1) is 21.2 Å². The van der Waals surface area contributed by atoms with E-state index in [2.05, 4.69) is 20.8 Å². The van der Waals surface area contributed by atoms with Crippen LogP contribution in [-0.2, 0) is 20.3 Å². The Kier molecular flexibility index (Phi) is 12.0. The van der Waals surface area contributed by atoms with E-state index in [1.165, 1.54) is 50.5 Å². The summed E-state index contributed by atoms with van der Waals surface area (Å²) in [6.07, 6.45) is -5.70. The molecule has 55 heavy (non-hydrogen) atoms. The van der Waals surface area contributed by atoms with Gasteiger partial charge in [-0.15, -0.1) is 0 Å². The Labute approximate surface area is 315 Å². The number of benzene rings is 4. The maximum atomic E-state index is 13.8. The molecule has 2 heterocycles. The Morgan fingerprint density at radius 2 is 1.09 bits per heavy atom. The minimum Gasteiger partial charge on any atom is -0.321 e. The second kappa shape index (κ2) is 16.3. The fourth-order valence-electron chi connectivity index (χ4n) is 5.14. The number of amides is 2. The van der Waals surface area contributed by atoms with Crippen LogP contribution in [-0.4, -0.2) is 31.4 Å². The molecule has 6 aromatic rings. The van der Waals surface area contributed by atoms with Crippen LogP contribution in [0.3, 0.4) is 0 Å². The molecule has 4 aromatic carbocycles. The third kappa shape index (κ3) is 9.47. The molecule has 0 aliphatic heterocycles. The molecule has 0 bridgehead atoms. The monoisotopic (exact) mass is 812 g/mol. The van der Waals surface area contributed by atoms with Gasteiger partial charge in [-0.05, 0) is 71.8 Å². The number of carbonyl (C=O) groups excluding carboxylic acids is 2. The van der Waals surface area contributed by atoms with E-state index in [0.29, 0.717) is 0 Å². The Bertz CT molecular complexity index is 2410. The number of aromatic nitrogens is 4. The summed E-state index contributed by atoms with van der Waals surface area (Å²) >= 11 is 11.3. The first-order valence-corrected chi connectivity index (χ1v) is 16.1. The number of nitrogens with zero attached hydrogens (tertiary/aromatic N) is 4. The van der Waals surface area contributed by atoms with Gasteiger partial charge >= 0.3 is 6.18 Å². The van der Waals surface area contributed by atoms with Crippen molar-refractivity contribution in [1.29, 1.82) is 0 Å². The highest BCUT2D eigenvalue weighted by Crippen LogP contribution is 2.35. The number of anilines is 2. The first-order chi connectivity index (χ1) is 25.8. The third-order valence-corrected chi connectivity index (χ3v) is 8.18. The summed E-state index contributed by atoms with van der Waals surface area (Å²) in [5.41, 5.74) is -2.26. The Morgan fingerprint density at radius 3 is 1.53 bits per heavy atom. The van der Waals surface area contributed by atoms with Crippen molar-refractivity contribution in [2.45, 2.75) is 12.6 Å². The quantitative estimate of drug-likeness (QED) is 0.157. The van der Waals surface area contributed by atoms with E-state index < -0.39 is 64.6 Å². The Balaban J connectivity index is 0.000000211. The highest BCUT2D eigenvalue weighted by molar-refractivity contribution is 6.31. The van der Waals surface area contributed by atoms with Gasteiger partial charge in [-0.1, -0.05) is 35.3 Å². The molecule has 0 atom stereocenters. The van der Waals surface area contributed by atoms with Crippen LogP contribution in [0.2, 0.25) is 10.0 Å². The molecule has 0 saturated carbocycles. The van der Waals surface area contributed by atoms with Crippen LogP contribution in [0.25, 0.3) is 22.3 Å². The second-order valence-corrected chi connectivity index (χ2v) is 12.3. The average molecular weight is 814 g/mol. The van der Waals surface area contributed by atoms with Gasteiger partial charge in [0, 0.05) is 49.0 Å². The molecular formula is C36H23Cl2F9N6O2. The lowest BCUT2D eigenvalue weighted by atomic mass is 10.0. The predicted molar refractivity (Wildman–Crippen MR) is 186 cm³/mol. The molecule has 0 radical (unpaired) electrons. The zero-order chi connectivity index (χ0) is 40.4. The lowest BCUT2D eigenvalue weighted by Crippen LogP contribution is -2.18. The predicted octanol–water partition coefficient (Wildman–Crippen LogP) is 10.5. The molecule has 0 aliphatic carbocycles. The number of halogens is 11. The maximum Gasteiger partial charge on any atom is 0.435 e. The minimum absolute atomic E-state index is 0.00917. The first kappa shape index (κ1) is 40.4. The van der Waals surface area contributed by atoms with Gasteiger partial charge < -0.3 is 10.6 Å². The standard InChI is InChI=1S/C18H11ClF5N3O.C18H12ClF4N3O/c1-27-8-12(16(26-27)18(22,23)24)17(28)25-15-5-3-10(20)7-11(15)9-2-4-13(19)14(21)6-9;1-26-8-12(16(25-26)17(22)23)18(27)24-15-5-3-10(20)7-11(15)9-2-4-13(19)14(21)6-9/h2-8H,1H3,(H,25,28);2-8,17H,1H3,(H,24,27). The maximum absolute atomic E-state index is 13.8. The lowest BCUT2D eigenvalue weighted by molar-refractivity contribution is -0.141. The lowest BCUT2D eigenvalue weighted by Gasteiger charge is -2.13. The van der Waals surface area contributed by atoms with Crippen LogP contribution in [0.5, 0.6) is 0 Å². The first-order valence-electron chi connectivity index (χ1n) is 15.4. The summed E-state index contributed by atoms with van der Waals surface area (Å²) < 4.78 is 122. The van der Waals surface area contributed by atoms with Crippen LogP contribution in [0.1, 0.15) is 38.5 Å². The largest absolute Gasteiger partial charge is 0.435 e. The van der Waals surface area contributed by atoms with Crippen molar-refractivity contribution >= 4 is 46.4 Å². The molecular weight excluding hydrogens is 790 g/mol. The molecule has 0 spiro atoms. The number of rotatable bonds is 7. The number of alkyl halides is 5. The average Bonchev–Trinajstić information content (AvgIpc) is 3.72. The van der Waals surface area contributed by atoms with E-state index in [0.717, 1.165) is 58.2 Å². The van der Waals surface area contributed by atoms with Gasteiger partial charge in [0.15, 0.2) is 5.69 Å². The van der Waals surface area contributed by atoms with Crippen molar-refractivity contribution in [3.05, 3.63) is 141 Å². The van der Waals surface area contributed by atoms with Crippen molar-refractivity contribution in [1.82, 2.24) is 19.6 Å². The van der Waals surface area contributed by atoms with Crippen LogP contribution >= 0.6 is 23.2 Å². The minimum atomic E-state index is -4.83. The van der Waals surface area contributed by atoms with Crippen LogP contribution in [0, 0.1) is 23.3 Å². The highest BCUT2D eigenvalue weighted by Gasteiger charge is 2.39. The van der Waals surface area contributed by atoms with Crippen LogP contribution in [0.15, 0.2) is 85.2 Å². The number of aryl methyl sites for hydroxylation is 2. The molecule has 8 nitrogen and oxygen atoms in total. The van der Waals surface area contributed by atoms with E-state index in [1.54, 1.807) is 0 Å². The molecule has 0 aliphatic rings. The Morgan fingerprint density at radius 1 is 0.655 bits per heavy atom. The number of hydrogen-bond acceptors (Lipinski definition) is 4. The zero-order valence-electron chi connectivity index (χ0n) is 27.9. The van der Waals surface area contributed by atoms with Crippen molar-refractivity contribution in [3.8, 4) is 22.3 Å². The highest BCUT2D eigenvalue weighted by atomic mass is 35.5. The summed E-state index contributed by atoms with van der Waals surface area (Å²) in [7, 11) is 2.65. The van der Waals surface area contributed by atoms with Crippen molar-refractivity contribution in [3.63, 3.8) is 0 Å². The number of nitrogens with one attached hydrogen (secondary N) is 2. The normalized spacial score (nSPS) is 11.3. The molecule has 6 rings (SSSR count). The SMILES string of the molecule is Cn1cc(C(=O)Nc2ccc(F)cc2-c2ccc(Cl)c(F)c2)c(C(F)(F)F)n1.Cn1cc(C(=O)Nc2ccc(F)cc2-c2ccc(Cl)c(F)c2)c(C(F)F)n1. The third-order valence-electron chi connectivity index (χ3n) is 7.57. The second-order valence-electron chi connectivity index (χ2n) is 11.5. The molecule has 2 amide bonds. The molecule has 0 saturated heterocycles. The fourth-order valence-corrected chi connectivity index (χ4v) is 5.38. The van der Waals surface area contributed by atoms with E-state index in [1.807, 2.05) is 0 Å². The number of hydrogen-bond donors (Lipinski definition) is 2. The van der Waals surface area contributed by atoms with Crippen molar-refractivity contribution in [2.24, 2.45) is 14.1 Å².